The first-order valence-electron chi connectivity index (χ1n) is 14.2. The first kappa shape index (κ1) is 33.7. The molecule has 4 heterocycles. The van der Waals surface area contributed by atoms with Gasteiger partial charge in [-0.15, -0.1) is 12.4 Å². The third-order valence-corrected chi connectivity index (χ3v) is 8.25. The number of carbonyl (C=O) groups excluding carboxylic acids is 1. The van der Waals surface area contributed by atoms with E-state index in [0.29, 0.717) is 59.5 Å². The van der Waals surface area contributed by atoms with Crippen LogP contribution in [0.3, 0.4) is 0 Å². The van der Waals surface area contributed by atoms with Crippen LogP contribution in [0.25, 0.3) is 11.3 Å². The second-order valence-electron chi connectivity index (χ2n) is 11.0. The highest BCUT2D eigenvalue weighted by molar-refractivity contribution is 6.35. The normalized spacial score (nSPS) is 17.7. The summed E-state index contributed by atoms with van der Waals surface area (Å²) in [5.41, 5.74) is 2.37. The Labute approximate surface area is 272 Å². The second kappa shape index (κ2) is 15.2. The number of ether oxygens (including phenoxy) is 1. The van der Waals surface area contributed by atoms with Crippen molar-refractivity contribution in [1.82, 2.24) is 24.8 Å². The first-order chi connectivity index (χ1) is 20.7. The van der Waals surface area contributed by atoms with Crippen LogP contribution < -0.4 is 9.64 Å². The van der Waals surface area contributed by atoms with Gasteiger partial charge >= 0.3 is 5.97 Å². The molecule has 5 rings (SSSR count). The Bertz CT molecular complexity index is 1440. The molecule has 0 radical (unpaired) electrons. The number of likely N-dealkylation sites (tertiary alicyclic amines) is 1. The molecule has 44 heavy (non-hydrogen) atoms. The van der Waals surface area contributed by atoms with Crippen LogP contribution >= 0.6 is 35.6 Å². The van der Waals surface area contributed by atoms with E-state index in [1.807, 2.05) is 17.0 Å². The van der Waals surface area contributed by atoms with Crippen molar-refractivity contribution in [2.75, 3.05) is 44.2 Å². The molecule has 2 aromatic heterocycles. The number of anilines is 1. The number of pyridine rings is 1. The standard InChI is InChI=1S/C30H34Cl2N6O5.ClH/c1-19(40)38-7-6-37(17-25(38)18-39)30-33-14-26(15-34-30)43-28-9-21(16-36-4-2-20(3-5-36)10-29(41)42)8-27(35-28)22-11-23(31)13-24(32)12-22;/h8-9,11-15,20,25,39H,2-7,10,16-18H2,1H3,(H,41,42);1H. The van der Waals surface area contributed by atoms with Crippen molar-refractivity contribution in [3.05, 3.63) is 58.3 Å². The molecule has 1 atom stereocenters. The van der Waals surface area contributed by atoms with Gasteiger partial charge in [0.1, 0.15) is 0 Å². The summed E-state index contributed by atoms with van der Waals surface area (Å²) in [6, 6.07) is 8.79. The van der Waals surface area contributed by atoms with Gasteiger partial charge in [-0.05, 0) is 61.7 Å². The first-order valence-corrected chi connectivity index (χ1v) is 15.0. The third kappa shape index (κ3) is 8.70. The predicted octanol–water partition coefficient (Wildman–Crippen LogP) is 4.78. The van der Waals surface area contributed by atoms with Crippen LogP contribution in [0.1, 0.15) is 31.7 Å². The Morgan fingerprint density at radius 2 is 1.68 bits per heavy atom. The molecule has 0 saturated carbocycles. The lowest BCUT2D eigenvalue weighted by molar-refractivity contribution is -0.138. The summed E-state index contributed by atoms with van der Waals surface area (Å²) in [6.45, 7) is 5.09. The van der Waals surface area contributed by atoms with Crippen LogP contribution in [-0.4, -0.2) is 92.2 Å². The summed E-state index contributed by atoms with van der Waals surface area (Å²) in [6.07, 6.45) is 5.03. The molecular weight excluding hydrogens is 631 g/mol. The molecular formula is C30H35Cl3N6O5. The molecule has 2 N–H and O–H groups in total. The number of piperidine rings is 1. The summed E-state index contributed by atoms with van der Waals surface area (Å²) in [5.74, 6) is 0.623. The summed E-state index contributed by atoms with van der Waals surface area (Å²) in [4.78, 5) is 42.6. The lowest BCUT2D eigenvalue weighted by Gasteiger charge is -2.40. The number of aliphatic hydroxyl groups is 1. The maximum absolute atomic E-state index is 11.9. The van der Waals surface area contributed by atoms with Gasteiger partial charge in [-0.25, -0.2) is 15.0 Å². The molecule has 3 aromatic rings. The predicted molar refractivity (Wildman–Crippen MR) is 170 cm³/mol. The molecule has 236 valence electrons. The van der Waals surface area contributed by atoms with Crippen molar-refractivity contribution in [3.63, 3.8) is 0 Å². The van der Waals surface area contributed by atoms with Gasteiger partial charge in [0.05, 0.1) is 30.7 Å². The highest BCUT2D eigenvalue weighted by atomic mass is 35.5. The zero-order valence-electron chi connectivity index (χ0n) is 24.2. The van der Waals surface area contributed by atoms with E-state index < -0.39 is 5.97 Å². The quantitative estimate of drug-likeness (QED) is 0.329. The summed E-state index contributed by atoms with van der Waals surface area (Å²) >= 11 is 12.6. The Kier molecular flexibility index (Phi) is 11.6. The highest BCUT2D eigenvalue weighted by Gasteiger charge is 2.29. The number of halogens is 3. The van der Waals surface area contributed by atoms with Crippen LogP contribution in [-0.2, 0) is 16.1 Å². The lowest BCUT2D eigenvalue weighted by atomic mass is 9.93. The van der Waals surface area contributed by atoms with Crippen LogP contribution in [0.2, 0.25) is 10.0 Å². The van der Waals surface area contributed by atoms with Crippen molar-refractivity contribution < 1.29 is 24.5 Å². The van der Waals surface area contributed by atoms with Gasteiger partial charge in [-0.1, -0.05) is 23.2 Å². The zero-order chi connectivity index (χ0) is 30.5. The van der Waals surface area contributed by atoms with E-state index in [1.54, 1.807) is 35.5 Å². The number of piperazine rings is 1. The monoisotopic (exact) mass is 664 g/mol. The van der Waals surface area contributed by atoms with Crippen molar-refractivity contribution in [1.29, 1.82) is 0 Å². The average Bonchev–Trinajstić information content (AvgIpc) is 2.97. The van der Waals surface area contributed by atoms with Gasteiger partial charge in [0, 0.05) is 61.2 Å². The third-order valence-electron chi connectivity index (χ3n) is 7.81. The van der Waals surface area contributed by atoms with E-state index >= 15 is 0 Å². The van der Waals surface area contributed by atoms with E-state index in [-0.39, 0.29) is 43.3 Å². The van der Waals surface area contributed by atoms with Crippen molar-refractivity contribution in [3.8, 4) is 22.9 Å². The Morgan fingerprint density at radius 3 is 2.30 bits per heavy atom. The highest BCUT2D eigenvalue weighted by Crippen LogP contribution is 2.31. The largest absolute Gasteiger partial charge is 0.481 e. The minimum absolute atomic E-state index is 0. The van der Waals surface area contributed by atoms with E-state index in [1.165, 1.54) is 6.92 Å². The van der Waals surface area contributed by atoms with Gasteiger partial charge in [0.15, 0.2) is 5.75 Å². The molecule has 0 spiro atoms. The molecule has 11 nitrogen and oxygen atoms in total. The number of amides is 1. The summed E-state index contributed by atoms with van der Waals surface area (Å²) in [7, 11) is 0. The lowest BCUT2D eigenvalue weighted by Crippen LogP contribution is -2.56. The number of rotatable bonds is 9. The number of hydrogen-bond acceptors (Lipinski definition) is 9. The number of benzene rings is 1. The number of aromatic nitrogens is 3. The van der Waals surface area contributed by atoms with Crippen LogP contribution in [0.15, 0.2) is 42.7 Å². The minimum atomic E-state index is -0.749. The molecule has 14 heteroatoms. The van der Waals surface area contributed by atoms with Crippen molar-refractivity contribution in [2.45, 2.75) is 38.8 Å². The smallest absolute Gasteiger partial charge is 0.303 e. The van der Waals surface area contributed by atoms with E-state index in [4.69, 9.17) is 38.0 Å². The van der Waals surface area contributed by atoms with Gasteiger partial charge < -0.3 is 24.7 Å². The second-order valence-corrected chi connectivity index (χ2v) is 11.9. The molecule has 1 amide bonds. The number of carbonyl (C=O) groups is 2. The van der Waals surface area contributed by atoms with E-state index in [0.717, 1.165) is 37.1 Å². The van der Waals surface area contributed by atoms with Crippen LogP contribution in [0.5, 0.6) is 11.6 Å². The van der Waals surface area contributed by atoms with E-state index in [2.05, 4.69) is 14.9 Å². The Balaban J connectivity index is 0.00000442. The molecule has 2 aliphatic heterocycles. The number of nitrogens with zero attached hydrogens (tertiary/aromatic N) is 6. The zero-order valence-corrected chi connectivity index (χ0v) is 26.6. The van der Waals surface area contributed by atoms with Gasteiger partial charge in [-0.3, -0.25) is 14.5 Å². The SMILES string of the molecule is CC(=O)N1CCN(c2ncc(Oc3cc(CN4CCC(CC(=O)O)CC4)cc(-c4cc(Cl)cc(Cl)c4)n3)cn2)CC1CO.Cl. The topological polar surface area (TPSA) is 132 Å². The molecule has 2 saturated heterocycles. The van der Waals surface area contributed by atoms with E-state index in [9.17, 15) is 14.7 Å². The molecule has 2 fully saturated rings. The Hall–Kier alpha value is -3.22. The number of aliphatic carboxylic acids is 1. The molecule has 1 unspecified atom stereocenters. The van der Waals surface area contributed by atoms with Gasteiger partial charge in [-0.2, -0.15) is 0 Å². The van der Waals surface area contributed by atoms with Crippen molar-refractivity contribution in [2.24, 2.45) is 5.92 Å². The van der Waals surface area contributed by atoms with Gasteiger partial charge in [0.25, 0.3) is 0 Å². The molecule has 0 bridgehead atoms. The fourth-order valence-electron chi connectivity index (χ4n) is 5.66. The fraction of sp³-hybridized carbons (Fsp3) is 0.433. The molecule has 1 aromatic carbocycles. The molecule has 2 aliphatic rings. The fourth-order valence-corrected chi connectivity index (χ4v) is 6.19. The maximum Gasteiger partial charge on any atom is 0.303 e. The van der Waals surface area contributed by atoms with Crippen LogP contribution in [0.4, 0.5) is 5.95 Å². The number of aliphatic hydroxyl groups excluding tert-OH is 1. The van der Waals surface area contributed by atoms with Crippen molar-refractivity contribution >= 4 is 53.4 Å². The summed E-state index contributed by atoms with van der Waals surface area (Å²) in [5, 5.41) is 19.9. The number of hydrogen-bond donors (Lipinski definition) is 2. The Morgan fingerprint density at radius 1 is 1.00 bits per heavy atom. The molecule has 0 aliphatic carbocycles. The average molecular weight is 666 g/mol. The summed E-state index contributed by atoms with van der Waals surface area (Å²) < 4.78 is 6.13. The number of carboxylic acids is 1. The van der Waals surface area contributed by atoms with Crippen LogP contribution in [0, 0.1) is 5.92 Å². The number of carboxylic acid groups (broad SMARTS) is 1. The minimum Gasteiger partial charge on any atom is -0.481 e. The van der Waals surface area contributed by atoms with Gasteiger partial charge in [0.2, 0.25) is 17.7 Å². The maximum atomic E-state index is 11.9.